The summed E-state index contributed by atoms with van der Waals surface area (Å²) in [6.07, 6.45) is 3.17. The van der Waals surface area contributed by atoms with Crippen LogP contribution in [0.5, 0.6) is 11.5 Å². The number of amides is 2. The van der Waals surface area contributed by atoms with Gasteiger partial charge in [0.25, 0.3) is 0 Å². The Bertz CT molecular complexity index is 973. The fourth-order valence-corrected chi connectivity index (χ4v) is 3.52. The molecule has 10 heteroatoms. The number of nitrogens with one attached hydrogen (secondary N) is 2. The van der Waals surface area contributed by atoms with E-state index >= 15 is 0 Å². The van der Waals surface area contributed by atoms with Crippen LogP contribution in [-0.4, -0.2) is 44.4 Å². The molecule has 2 aromatic carbocycles. The zero-order valence-corrected chi connectivity index (χ0v) is 18.9. The predicted octanol–water partition coefficient (Wildman–Crippen LogP) is 3.33. The quantitative estimate of drug-likeness (QED) is 0.343. The highest BCUT2D eigenvalue weighted by molar-refractivity contribution is 6.36. The Morgan fingerprint density at radius 2 is 1.97 bits per heavy atom. The average molecular weight is 480 g/mol. The summed E-state index contributed by atoms with van der Waals surface area (Å²) in [5.74, 6) is -0.684. The molecule has 0 radical (unpaired) electrons. The molecule has 0 aromatic heterocycles. The van der Waals surface area contributed by atoms with Gasteiger partial charge in [-0.25, -0.2) is 5.43 Å². The molecule has 0 bridgehead atoms. The van der Waals surface area contributed by atoms with Crippen molar-refractivity contribution in [3.8, 4) is 11.5 Å². The van der Waals surface area contributed by atoms with Gasteiger partial charge >= 0.3 is 11.8 Å². The molecule has 2 aromatic rings. The maximum atomic E-state index is 11.8. The Labute approximate surface area is 195 Å². The lowest BCUT2D eigenvalue weighted by atomic mass is 10.2. The lowest BCUT2D eigenvalue weighted by Crippen LogP contribution is -2.41. The Kier molecular flexibility index (Phi) is 8.72. The largest absolute Gasteiger partial charge is 0.493 e. The second-order valence-corrected chi connectivity index (χ2v) is 7.76. The van der Waals surface area contributed by atoms with E-state index in [9.17, 15) is 9.59 Å². The fraction of sp³-hybridized carbons (Fsp3) is 0.318. The van der Waals surface area contributed by atoms with Crippen LogP contribution < -0.4 is 20.2 Å². The molecule has 2 amide bonds. The zero-order valence-electron chi connectivity index (χ0n) is 17.4. The molecular weight excluding hydrogens is 457 g/mol. The molecule has 1 aliphatic heterocycles. The minimum absolute atomic E-state index is 0.0441. The van der Waals surface area contributed by atoms with Crippen LogP contribution in [0.3, 0.4) is 0 Å². The van der Waals surface area contributed by atoms with Gasteiger partial charge in [-0.2, -0.15) is 5.10 Å². The molecule has 0 saturated carbocycles. The van der Waals surface area contributed by atoms with Gasteiger partial charge in [0.15, 0.2) is 11.5 Å². The molecule has 1 aliphatic rings. The highest BCUT2D eigenvalue weighted by atomic mass is 35.5. The summed E-state index contributed by atoms with van der Waals surface area (Å²) in [6.45, 7) is 1.14. The van der Waals surface area contributed by atoms with Gasteiger partial charge in [0.1, 0.15) is 6.61 Å². The summed E-state index contributed by atoms with van der Waals surface area (Å²) in [5, 5.41) is 7.37. The summed E-state index contributed by atoms with van der Waals surface area (Å²) in [5.41, 5.74) is 3.49. The Hall–Kier alpha value is -2.81. The van der Waals surface area contributed by atoms with Crippen molar-refractivity contribution in [2.24, 2.45) is 5.10 Å². The van der Waals surface area contributed by atoms with E-state index in [4.69, 9.17) is 37.4 Å². The van der Waals surface area contributed by atoms with Crippen molar-refractivity contribution < 1.29 is 23.8 Å². The molecule has 0 aliphatic carbocycles. The number of carbonyl (C=O) groups excluding carboxylic acids is 2. The second kappa shape index (κ2) is 11.7. The van der Waals surface area contributed by atoms with Crippen LogP contribution >= 0.6 is 23.2 Å². The SMILES string of the molecule is COc1cc(/C=N\NC(=O)C(=O)NC[C@H]2CCCO2)ccc1OCc1c(Cl)cccc1Cl. The number of hydrogen-bond acceptors (Lipinski definition) is 6. The lowest BCUT2D eigenvalue weighted by Gasteiger charge is -2.13. The number of hydrogen-bond donors (Lipinski definition) is 2. The molecule has 8 nitrogen and oxygen atoms in total. The topological polar surface area (TPSA) is 98.2 Å². The van der Waals surface area contributed by atoms with Crippen molar-refractivity contribution in [1.82, 2.24) is 10.7 Å². The first-order valence-corrected chi connectivity index (χ1v) is 10.7. The first-order chi connectivity index (χ1) is 15.5. The van der Waals surface area contributed by atoms with Crippen LogP contribution in [0.25, 0.3) is 0 Å². The van der Waals surface area contributed by atoms with Crippen molar-refractivity contribution in [3.63, 3.8) is 0 Å². The monoisotopic (exact) mass is 479 g/mol. The van der Waals surface area contributed by atoms with E-state index in [1.807, 2.05) is 0 Å². The fourth-order valence-electron chi connectivity index (χ4n) is 3.01. The first kappa shape index (κ1) is 23.8. The van der Waals surface area contributed by atoms with Crippen LogP contribution in [0.1, 0.15) is 24.0 Å². The van der Waals surface area contributed by atoms with Crippen molar-refractivity contribution >= 4 is 41.2 Å². The summed E-state index contributed by atoms with van der Waals surface area (Å²) in [7, 11) is 1.51. The van der Waals surface area contributed by atoms with E-state index in [1.54, 1.807) is 36.4 Å². The normalized spacial score (nSPS) is 15.5. The lowest BCUT2D eigenvalue weighted by molar-refractivity contribution is -0.139. The minimum atomic E-state index is -0.859. The van der Waals surface area contributed by atoms with Crippen molar-refractivity contribution in [2.75, 3.05) is 20.3 Å². The number of ether oxygens (including phenoxy) is 3. The highest BCUT2D eigenvalue weighted by Gasteiger charge is 2.19. The van der Waals surface area contributed by atoms with E-state index < -0.39 is 11.8 Å². The molecule has 1 heterocycles. The van der Waals surface area contributed by atoms with Crippen LogP contribution in [0.15, 0.2) is 41.5 Å². The summed E-state index contributed by atoms with van der Waals surface area (Å²) >= 11 is 12.3. The number of methoxy groups -OCH3 is 1. The summed E-state index contributed by atoms with van der Waals surface area (Å²) in [4.78, 5) is 23.7. The minimum Gasteiger partial charge on any atom is -0.493 e. The summed E-state index contributed by atoms with van der Waals surface area (Å²) < 4.78 is 16.6. The van der Waals surface area contributed by atoms with E-state index in [-0.39, 0.29) is 12.7 Å². The van der Waals surface area contributed by atoms with Crippen molar-refractivity contribution in [3.05, 3.63) is 57.6 Å². The molecule has 0 unspecified atom stereocenters. The summed E-state index contributed by atoms with van der Waals surface area (Å²) in [6, 6.07) is 10.3. The predicted molar refractivity (Wildman–Crippen MR) is 122 cm³/mol. The van der Waals surface area contributed by atoms with Crippen LogP contribution in [0, 0.1) is 0 Å². The molecule has 3 rings (SSSR count). The maximum absolute atomic E-state index is 11.8. The number of benzene rings is 2. The van der Waals surface area contributed by atoms with E-state index in [1.165, 1.54) is 13.3 Å². The van der Waals surface area contributed by atoms with E-state index in [2.05, 4.69) is 15.8 Å². The highest BCUT2D eigenvalue weighted by Crippen LogP contribution is 2.31. The van der Waals surface area contributed by atoms with Gasteiger partial charge in [0.2, 0.25) is 0 Å². The number of carbonyl (C=O) groups is 2. The van der Waals surface area contributed by atoms with Crippen LogP contribution in [-0.2, 0) is 20.9 Å². The third kappa shape index (κ3) is 6.59. The molecule has 2 N–H and O–H groups in total. The number of rotatable bonds is 8. The first-order valence-electron chi connectivity index (χ1n) is 9.94. The van der Waals surface area contributed by atoms with E-state index in [0.717, 1.165) is 12.8 Å². The standard InChI is InChI=1S/C22H23Cl2N3O5/c1-30-20-10-14(7-8-19(20)32-13-16-17(23)5-2-6-18(16)24)11-26-27-22(29)21(28)25-12-15-4-3-9-31-15/h2,5-8,10-11,15H,3-4,9,12-13H2,1H3,(H,25,28)(H,27,29)/b26-11-/t15-/m1/s1. The molecule has 0 spiro atoms. The molecule has 1 fully saturated rings. The molecule has 32 heavy (non-hydrogen) atoms. The maximum Gasteiger partial charge on any atom is 0.329 e. The van der Waals surface area contributed by atoms with Gasteiger partial charge in [-0.1, -0.05) is 29.3 Å². The number of hydrazone groups is 1. The smallest absolute Gasteiger partial charge is 0.329 e. The molecular formula is C22H23Cl2N3O5. The third-order valence-corrected chi connectivity index (χ3v) is 5.43. The molecule has 170 valence electrons. The number of halogens is 2. The second-order valence-electron chi connectivity index (χ2n) is 6.94. The third-order valence-electron chi connectivity index (χ3n) is 4.72. The van der Waals surface area contributed by atoms with Gasteiger partial charge < -0.3 is 19.5 Å². The Balaban J connectivity index is 1.53. The van der Waals surface area contributed by atoms with Gasteiger partial charge in [0, 0.05) is 28.8 Å². The molecule has 1 saturated heterocycles. The van der Waals surface area contributed by atoms with E-state index in [0.29, 0.717) is 45.8 Å². The van der Waals surface area contributed by atoms with Crippen LogP contribution in [0.4, 0.5) is 0 Å². The number of nitrogens with zero attached hydrogens (tertiary/aromatic N) is 1. The van der Waals surface area contributed by atoms with Gasteiger partial charge in [-0.15, -0.1) is 0 Å². The van der Waals surface area contributed by atoms with Crippen LogP contribution in [0.2, 0.25) is 10.0 Å². The average Bonchev–Trinajstić information content (AvgIpc) is 3.31. The van der Waals surface area contributed by atoms with Gasteiger partial charge in [0.05, 0.1) is 19.4 Å². The Morgan fingerprint density at radius 3 is 2.66 bits per heavy atom. The van der Waals surface area contributed by atoms with Crippen molar-refractivity contribution in [1.29, 1.82) is 0 Å². The zero-order chi connectivity index (χ0) is 22.9. The van der Waals surface area contributed by atoms with Crippen molar-refractivity contribution in [2.45, 2.75) is 25.6 Å². The molecule has 1 atom stereocenters. The Morgan fingerprint density at radius 1 is 1.19 bits per heavy atom. The van der Waals surface area contributed by atoms with Gasteiger partial charge in [-0.3, -0.25) is 9.59 Å². The van der Waals surface area contributed by atoms with Gasteiger partial charge in [-0.05, 0) is 48.7 Å².